The number of primary amides is 1. The van der Waals surface area contributed by atoms with Crippen LogP contribution in [-0.2, 0) is 4.79 Å². The maximum atomic E-state index is 14.8. The molecule has 0 spiro atoms. The molecule has 0 saturated carbocycles. The Labute approximate surface area is 204 Å². The van der Waals surface area contributed by atoms with Crippen LogP contribution in [0.4, 0.5) is 14.6 Å². The van der Waals surface area contributed by atoms with Gasteiger partial charge in [-0.05, 0) is 18.4 Å². The van der Waals surface area contributed by atoms with Crippen molar-refractivity contribution in [1.82, 2.24) is 19.7 Å². The van der Waals surface area contributed by atoms with Crippen molar-refractivity contribution >= 4 is 28.5 Å². The van der Waals surface area contributed by atoms with Gasteiger partial charge in [0.05, 0.1) is 36.7 Å². The number of likely N-dealkylation sites (tertiary alicyclic amines) is 1. The minimum absolute atomic E-state index is 0.00765. The summed E-state index contributed by atoms with van der Waals surface area (Å²) in [6.45, 7) is 4.22. The molecular weight excluding hydrogens is 474 g/mol. The zero-order valence-corrected chi connectivity index (χ0v) is 19.5. The van der Waals surface area contributed by atoms with Gasteiger partial charge in [-0.1, -0.05) is 12.5 Å². The molecule has 0 aliphatic carbocycles. The number of halogens is 2. The largest absolute Gasteiger partial charge is 0.493 e. The van der Waals surface area contributed by atoms with Crippen molar-refractivity contribution in [3.05, 3.63) is 53.4 Å². The second kappa shape index (κ2) is 9.53. The number of rotatable bonds is 5. The Balaban J connectivity index is 1.92. The van der Waals surface area contributed by atoms with E-state index in [9.17, 15) is 18.4 Å². The van der Waals surface area contributed by atoms with Gasteiger partial charge in [0.25, 0.3) is 5.91 Å². The van der Waals surface area contributed by atoms with E-state index in [0.717, 1.165) is 6.07 Å². The molecule has 3 aromatic rings. The molecule has 0 radical (unpaired) electrons. The molecule has 186 valence electrons. The molecule has 1 unspecified atom stereocenters. The molecular formula is C24H22F2N6O4. The highest BCUT2D eigenvalue weighted by atomic mass is 19.1. The van der Waals surface area contributed by atoms with Gasteiger partial charge in [0, 0.05) is 25.4 Å². The van der Waals surface area contributed by atoms with Crippen molar-refractivity contribution in [2.24, 2.45) is 5.73 Å². The van der Waals surface area contributed by atoms with Crippen molar-refractivity contribution in [2.75, 3.05) is 33.0 Å². The van der Waals surface area contributed by atoms with Crippen molar-refractivity contribution in [3.63, 3.8) is 0 Å². The van der Waals surface area contributed by atoms with E-state index in [1.807, 2.05) is 0 Å². The number of carbonyl (C=O) groups excluding carboxylic acids is 2. The van der Waals surface area contributed by atoms with Gasteiger partial charge in [0.2, 0.25) is 5.91 Å². The third kappa shape index (κ3) is 4.04. The minimum Gasteiger partial charge on any atom is -0.493 e. The van der Waals surface area contributed by atoms with Crippen LogP contribution in [0.5, 0.6) is 11.5 Å². The second-order valence-electron chi connectivity index (χ2n) is 7.90. The Morgan fingerprint density at radius 2 is 1.89 bits per heavy atom. The maximum Gasteiger partial charge on any atom is 0.252 e. The Morgan fingerprint density at radius 1 is 1.22 bits per heavy atom. The highest BCUT2D eigenvalue weighted by molar-refractivity contribution is 6.08. The molecule has 1 fully saturated rings. The number of nitrogens with zero attached hydrogens (tertiary/aromatic N) is 4. The predicted octanol–water partition coefficient (Wildman–Crippen LogP) is 1.77. The average Bonchev–Trinajstić information content (AvgIpc) is 3.49. The van der Waals surface area contributed by atoms with Crippen molar-refractivity contribution in [2.45, 2.75) is 12.5 Å². The summed E-state index contributed by atoms with van der Waals surface area (Å²) in [5, 5.41) is 4.70. The number of aromatic nitrogens is 3. The van der Waals surface area contributed by atoms with Crippen molar-refractivity contribution in [3.8, 4) is 23.3 Å². The molecule has 2 aromatic heterocycles. The molecule has 36 heavy (non-hydrogen) atoms. The van der Waals surface area contributed by atoms with E-state index in [0.29, 0.717) is 13.0 Å². The first-order chi connectivity index (χ1) is 17.2. The summed E-state index contributed by atoms with van der Waals surface area (Å²) in [5.74, 6) is 1.48. The van der Waals surface area contributed by atoms with E-state index in [-0.39, 0.29) is 58.0 Å². The quantitative estimate of drug-likeness (QED) is 0.405. The SMILES string of the molecule is C=CC(=O)N1CCC(n2nc(C#Cc3c(F)c(OC)cc(OC)c3F)c3c(N)ncc(C(N)=O)c32)C1. The zero-order chi connectivity index (χ0) is 26.1. The summed E-state index contributed by atoms with van der Waals surface area (Å²) in [4.78, 5) is 29.9. The number of anilines is 1. The number of pyridine rings is 1. The molecule has 1 atom stereocenters. The standard InChI is InChI=1S/C24H22F2N6O4/c1-4-18(33)31-8-7-12(11-31)32-22-14(24(28)34)10-29-23(27)19(22)15(30-32)6-5-13-20(25)16(35-2)9-17(36-3)21(13)26/h4,9-10,12H,1,7-8,11H2,2-3H3,(H2,27,29)(H2,28,34). The summed E-state index contributed by atoms with van der Waals surface area (Å²) < 4.78 is 41.1. The first-order valence-electron chi connectivity index (χ1n) is 10.7. The number of nitrogen functional groups attached to an aromatic ring is 1. The van der Waals surface area contributed by atoms with Crippen LogP contribution >= 0.6 is 0 Å². The topological polar surface area (TPSA) is 139 Å². The van der Waals surface area contributed by atoms with Crippen LogP contribution < -0.4 is 20.9 Å². The number of ether oxygens (including phenoxy) is 2. The summed E-state index contributed by atoms with van der Waals surface area (Å²) in [6, 6.07) is 0.717. The monoisotopic (exact) mass is 496 g/mol. The van der Waals surface area contributed by atoms with Gasteiger partial charge in [0.15, 0.2) is 23.1 Å². The van der Waals surface area contributed by atoms with E-state index in [1.54, 1.807) is 4.90 Å². The van der Waals surface area contributed by atoms with E-state index >= 15 is 0 Å². The van der Waals surface area contributed by atoms with Gasteiger partial charge in [-0.15, -0.1) is 0 Å². The summed E-state index contributed by atoms with van der Waals surface area (Å²) in [6.07, 6.45) is 2.95. The highest BCUT2D eigenvalue weighted by Crippen LogP contribution is 2.33. The van der Waals surface area contributed by atoms with E-state index in [1.165, 1.54) is 31.2 Å². The Kier molecular flexibility index (Phi) is 6.48. The highest BCUT2D eigenvalue weighted by Gasteiger charge is 2.31. The van der Waals surface area contributed by atoms with Crippen LogP contribution in [0.15, 0.2) is 24.9 Å². The fraction of sp³-hybridized carbons (Fsp3) is 0.250. The number of fused-ring (bicyclic) bond motifs is 1. The first kappa shape index (κ1) is 24.5. The number of methoxy groups -OCH3 is 2. The number of amides is 2. The molecule has 4 rings (SSSR count). The maximum absolute atomic E-state index is 14.8. The molecule has 1 aliphatic heterocycles. The molecule has 12 heteroatoms. The molecule has 1 saturated heterocycles. The molecule has 10 nitrogen and oxygen atoms in total. The Hall–Kier alpha value is -4.66. The summed E-state index contributed by atoms with van der Waals surface area (Å²) >= 11 is 0. The molecule has 3 heterocycles. The number of hydrogen-bond donors (Lipinski definition) is 2. The van der Waals surface area contributed by atoms with Crippen LogP contribution in [0, 0.1) is 23.5 Å². The van der Waals surface area contributed by atoms with E-state index in [2.05, 4.69) is 28.5 Å². The summed E-state index contributed by atoms with van der Waals surface area (Å²) in [5.41, 5.74) is 11.4. The predicted molar refractivity (Wildman–Crippen MR) is 126 cm³/mol. The van der Waals surface area contributed by atoms with Crippen LogP contribution in [0.2, 0.25) is 0 Å². The van der Waals surface area contributed by atoms with Crippen LogP contribution in [-0.4, -0.2) is 58.8 Å². The fourth-order valence-electron chi connectivity index (χ4n) is 4.11. The zero-order valence-electron chi connectivity index (χ0n) is 19.5. The third-order valence-electron chi connectivity index (χ3n) is 5.89. The lowest BCUT2D eigenvalue weighted by molar-refractivity contribution is -0.125. The van der Waals surface area contributed by atoms with Crippen LogP contribution in [0.25, 0.3) is 10.9 Å². The van der Waals surface area contributed by atoms with E-state index < -0.39 is 23.1 Å². The van der Waals surface area contributed by atoms with E-state index in [4.69, 9.17) is 20.9 Å². The van der Waals surface area contributed by atoms with Gasteiger partial charge >= 0.3 is 0 Å². The van der Waals surface area contributed by atoms with Crippen LogP contribution in [0.3, 0.4) is 0 Å². The van der Waals surface area contributed by atoms with Gasteiger partial charge in [-0.25, -0.2) is 13.8 Å². The minimum atomic E-state index is -1.02. The molecule has 1 aromatic carbocycles. The molecule has 2 amide bonds. The Bertz CT molecular complexity index is 1440. The number of nitrogens with two attached hydrogens (primary N) is 2. The lowest BCUT2D eigenvalue weighted by Crippen LogP contribution is -2.27. The first-order valence-corrected chi connectivity index (χ1v) is 10.7. The second-order valence-corrected chi connectivity index (χ2v) is 7.90. The number of carbonyl (C=O) groups is 2. The van der Waals surface area contributed by atoms with Gasteiger partial charge < -0.3 is 25.8 Å². The molecule has 1 aliphatic rings. The van der Waals surface area contributed by atoms with Gasteiger partial charge in [-0.2, -0.15) is 5.10 Å². The molecule has 4 N–H and O–H groups in total. The normalized spacial score (nSPS) is 14.9. The fourth-order valence-corrected chi connectivity index (χ4v) is 4.11. The smallest absolute Gasteiger partial charge is 0.252 e. The van der Waals surface area contributed by atoms with Crippen molar-refractivity contribution in [1.29, 1.82) is 0 Å². The van der Waals surface area contributed by atoms with Crippen molar-refractivity contribution < 1.29 is 27.8 Å². The lowest BCUT2D eigenvalue weighted by Gasteiger charge is -2.15. The summed E-state index contributed by atoms with van der Waals surface area (Å²) in [7, 11) is 2.45. The van der Waals surface area contributed by atoms with Gasteiger partial charge in [0.1, 0.15) is 17.1 Å². The number of benzene rings is 1. The average molecular weight is 496 g/mol. The number of hydrogen-bond acceptors (Lipinski definition) is 7. The van der Waals surface area contributed by atoms with Gasteiger partial charge in [-0.3, -0.25) is 14.3 Å². The third-order valence-corrected chi connectivity index (χ3v) is 5.89. The van der Waals surface area contributed by atoms with Crippen LogP contribution in [0.1, 0.15) is 34.1 Å². The molecule has 0 bridgehead atoms. The lowest BCUT2D eigenvalue weighted by atomic mass is 10.1. The Morgan fingerprint density at radius 3 is 2.47 bits per heavy atom.